The van der Waals surface area contributed by atoms with Crippen LogP contribution < -0.4 is 5.73 Å². The Hall–Kier alpha value is -1.63. The summed E-state index contributed by atoms with van der Waals surface area (Å²) in [6.45, 7) is 0.443. The van der Waals surface area contributed by atoms with E-state index in [2.05, 4.69) is 0 Å². The number of nitrogens with two attached hydrogens (primary N) is 1. The Labute approximate surface area is 127 Å². The first-order valence-electron chi connectivity index (χ1n) is 6.63. The Morgan fingerprint density at radius 3 is 2.67 bits per heavy atom. The SMILES string of the molecule is NC(=O)[C@H](O)[C@@H](O)C(=O)N1CCC[C@@H]1c1cccc(Cl)c1. The summed E-state index contributed by atoms with van der Waals surface area (Å²) in [6.07, 6.45) is -2.26. The first-order valence-corrected chi connectivity index (χ1v) is 7.01. The molecule has 7 heteroatoms. The molecule has 1 fully saturated rings. The second-order valence-corrected chi connectivity index (χ2v) is 5.47. The summed E-state index contributed by atoms with van der Waals surface area (Å²) in [5.41, 5.74) is 5.76. The molecule has 1 heterocycles. The predicted molar refractivity (Wildman–Crippen MR) is 76.3 cm³/mol. The zero-order valence-corrected chi connectivity index (χ0v) is 12.0. The van der Waals surface area contributed by atoms with Crippen molar-refractivity contribution >= 4 is 23.4 Å². The molecule has 4 N–H and O–H groups in total. The van der Waals surface area contributed by atoms with Gasteiger partial charge in [0.05, 0.1) is 6.04 Å². The average Bonchev–Trinajstić information content (AvgIpc) is 2.94. The fourth-order valence-electron chi connectivity index (χ4n) is 2.55. The molecule has 1 saturated heterocycles. The standard InChI is InChI=1S/C14H17ClN2O4/c15-9-4-1-3-8(7-9)10-5-2-6-17(10)14(21)12(19)11(18)13(16)20/h1,3-4,7,10-12,18-19H,2,5-6H2,(H2,16,20)/t10-,11-,12-/m1/s1. The maximum atomic E-state index is 12.2. The summed E-state index contributed by atoms with van der Waals surface area (Å²) in [4.78, 5) is 24.6. The minimum absolute atomic E-state index is 0.231. The quantitative estimate of drug-likeness (QED) is 0.739. The molecule has 1 aliphatic rings. The van der Waals surface area contributed by atoms with Crippen molar-refractivity contribution in [2.75, 3.05) is 6.54 Å². The largest absolute Gasteiger partial charge is 0.380 e. The molecule has 0 unspecified atom stereocenters. The van der Waals surface area contributed by atoms with E-state index < -0.39 is 24.0 Å². The number of aliphatic hydroxyl groups excluding tert-OH is 2. The van der Waals surface area contributed by atoms with Crippen molar-refractivity contribution in [3.05, 3.63) is 34.9 Å². The zero-order valence-electron chi connectivity index (χ0n) is 11.3. The van der Waals surface area contributed by atoms with Crippen LogP contribution in [-0.2, 0) is 9.59 Å². The third-order valence-corrected chi connectivity index (χ3v) is 3.85. The van der Waals surface area contributed by atoms with Crippen molar-refractivity contribution in [1.29, 1.82) is 0 Å². The van der Waals surface area contributed by atoms with Gasteiger partial charge in [-0.3, -0.25) is 9.59 Å². The van der Waals surface area contributed by atoms with E-state index >= 15 is 0 Å². The van der Waals surface area contributed by atoms with E-state index in [1.807, 2.05) is 6.07 Å². The van der Waals surface area contributed by atoms with Gasteiger partial charge in [-0.15, -0.1) is 0 Å². The van der Waals surface area contributed by atoms with Gasteiger partial charge < -0.3 is 20.8 Å². The van der Waals surface area contributed by atoms with Crippen molar-refractivity contribution < 1.29 is 19.8 Å². The van der Waals surface area contributed by atoms with Crippen LogP contribution in [0, 0.1) is 0 Å². The summed E-state index contributed by atoms with van der Waals surface area (Å²) in [5.74, 6) is -1.84. The highest BCUT2D eigenvalue weighted by Crippen LogP contribution is 2.33. The fourth-order valence-corrected chi connectivity index (χ4v) is 2.75. The molecule has 6 nitrogen and oxygen atoms in total. The summed E-state index contributed by atoms with van der Waals surface area (Å²) >= 11 is 5.95. The lowest BCUT2D eigenvalue weighted by Gasteiger charge is -2.28. The Morgan fingerprint density at radius 1 is 1.33 bits per heavy atom. The van der Waals surface area contributed by atoms with Gasteiger partial charge in [0, 0.05) is 11.6 Å². The lowest BCUT2D eigenvalue weighted by atomic mass is 10.0. The smallest absolute Gasteiger partial charge is 0.255 e. The van der Waals surface area contributed by atoms with Crippen LogP contribution in [0.4, 0.5) is 0 Å². The molecular weight excluding hydrogens is 296 g/mol. The highest BCUT2D eigenvalue weighted by Gasteiger charge is 2.37. The van der Waals surface area contributed by atoms with Gasteiger partial charge in [-0.2, -0.15) is 0 Å². The third-order valence-electron chi connectivity index (χ3n) is 3.61. The minimum Gasteiger partial charge on any atom is -0.380 e. The zero-order chi connectivity index (χ0) is 15.6. The second-order valence-electron chi connectivity index (χ2n) is 5.04. The first-order chi connectivity index (χ1) is 9.91. The molecule has 114 valence electrons. The van der Waals surface area contributed by atoms with Gasteiger partial charge >= 0.3 is 0 Å². The summed E-state index contributed by atoms with van der Waals surface area (Å²) in [7, 11) is 0. The molecule has 1 aromatic carbocycles. The molecule has 2 amide bonds. The van der Waals surface area contributed by atoms with Crippen LogP contribution >= 0.6 is 11.6 Å². The van der Waals surface area contributed by atoms with E-state index in [-0.39, 0.29) is 6.04 Å². The van der Waals surface area contributed by atoms with Gasteiger partial charge in [-0.05, 0) is 30.5 Å². The average molecular weight is 313 g/mol. The van der Waals surface area contributed by atoms with Crippen LogP contribution in [0.15, 0.2) is 24.3 Å². The van der Waals surface area contributed by atoms with Gasteiger partial charge in [0.2, 0.25) is 5.91 Å². The Kier molecular flexibility index (Phi) is 4.82. The normalized spacial score (nSPS) is 21.1. The minimum atomic E-state index is -1.90. The van der Waals surface area contributed by atoms with Crippen molar-refractivity contribution in [1.82, 2.24) is 4.90 Å². The number of carbonyl (C=O) groups excluding carboxylic acids is 2. The highest BCUT2D eigenvalue weighted by atomic mass is 35.5. The van der Waals surface area contributed by atoms with Crippen molar-refractivity contribution in [2.24, 2.45) is 5.73 Å². The molecule has 0 spiro atoms. The molecule has 0 bridgehead atoms. The lowest BCUT2D eigenvalue weighted by molar-refractivity contribution is -0.152. The number of aliphatic hydroxyl groups is 2. The summed E-state index contributed by atoms with van der Waals surface area (Å²) in [6, 6.07) is 6.89. The number of nitrogens with zero attached hydrogens (tertiary/aromatic N) is 1. The number of carbonyl (C=O) groups is 2. The molecule has 2 rings (SSSR count). The molecule has 0 radical (unpaired) electrons. The number of benzene rings is 1. The number of rotatable bonds is 4. The molecule has 0 aliphatic carbocycles. The first kappa shape index (κ1) is 15.8. The Balaban J connectivity index is 2.18. The summed E-state index contributed by atoms with van der Waals surface area (Å²) in [5, 5.41) is 19.8. The maximum Gasteiger partial charge on any atom is 0.255 e. The number of hydrogen-bond acceptors (Lipinski definition) is 4. The monoisotopic (exact) mass is 312 g/mol. The molecule has 21 heavy (non-hydrogen) atoms. The molecular formula is C14H17ClN2O4. The Morgan fingerprint density at radius 2 is 2.05 bits per heavy atom. The van der Waals surface area contributed by atoms with Crippen LogP contribution in [-0.4, -0.2) is 45.7 Å². The molecule has 0 aromatic heterocycles. The van der Waals surface area contributed by atoms with Crippen LogP contribution in [0.2, 0.25) is 5.02 Å². The van der Waals surface area contributed by atoms with E-state index in [9.17, 15) is 19.8 Å². The van der Waals surface area contributed by atoms with Crippen molar-refractivity contribution in [2.45, 2.75) is 31.1 Å². The van der Waals surface area contributed by atoms with E-state index in [0.717, 1.165) is 18.4 Å². The van der Waals surface area contributed by atoms with Crippen molar-refractivity contribution in [3.8, 4) is 0 Å². The summed E-state index contributed by atoms with van der Waals surface area (Å²) < 4.78 is 0. The van der Waals surface area contributed by atoms with Gasteiger partial charge in [0.15, 0.2) is 12.2 Å². The van der Waals surface area contributed by atoms with Crippen LogP contribution in [0.5, 0.6) is 0 Å². The molecule has 3 atom stereocenters. The van der Waals surface area contributed by atoms with Crippen molar-refractivity contribution in [3.63, 3.8) is 0 Å². The molecule has 1 aromatic rings. The van der Waals surface area contributed by atoms with E-state index in [1.165, 1.54) is 4.90 Å². The topological polar surface area (TPSA) is 104 Å². The predicted octanol–water partition coefficient (Wildman–Crippen LogP) is 0.211. The lowest BCUT2D eigenvalue weighted by Crippen LogP contribution is -2.49. The number of amides is 2. The van der Waals surface area contributed by atoms with E-state index in [1.54, 1.807) is 18.2 Å². The fraction of sp³-hybridized carbons (Fsp3) is 0.429. The van der Waals surface area contributed by atoms with E-state index in [4.69, 9.17) is 17.3 Å². The maximum absolute atomic E-state index is 12.2. The number of halogens is 1. The number of primary amides is 1. The highest BCUT2D eigenvalue weighted by molar-refractivity contribution is 6.30. The third kappa shape index (κ3) is 3.34. The van der Waals surface area contributed by atoms with Gasteiger partial charge in [0.1, 0.15) is 0 Å². The molecule has 0 saturated carbocycles. The van der Waals surface area contributed by atoms with Crippen LogP contribution in [0.3, 0.4) is 0 Å². The Bertz CT molecular complexity index is 552. The van der Waals surface area contributed by atoms with Crippen LogP contribution in [0.25, 0.3) is 0 Å². The van der Waals surface area contributed by atoms with Gasteiger partial charge in [-0.1, -0.05) is 23.7 Å². The number of likely N-dealkylation sites (tertiary alicyclic amines) is 1. The number of hydrogen-bond donors (Lipinski definition) is 3. The van der Waals surface area contributed by atoms with Gasteiger partial charge in [-0.25, -0.2) is 0 Å². The van der Waals surface area contributed by atoms with Gasteiger partial charge in [0.25, 0.3) is 5.91 Å². The van der Waals surface area contributed by atoms with E-state index in [0.29, 0.717) is 11.6 Å². The second kappa shape index (κ2) is 6.43. The van der Waals surface area contributed by atoms with Crippen LogP contribution in [0.1, 0.15) is 24.4 Å². The molecule has 1 aliphatic heterocycles.